The van der Waals surface area contributed by atoms with E-state index >= 15 is 4.57 Å². The summed E-state index contributed by atoms with van der Waals surface area (Å²) in [5, 5.41) is 2.39. The number of hydrogen-bond donors (Lipinski definition) is 0. The van der Waals surface area contributed by atoms with Crippen LogP contribution in [-0.4, -0.2) is 7.11 Å². The van der Waals surface area contributed by atoms with E-state index in [2.05, 4.69) is 0 Å². The molecule has 0 atom stereocenters. The highest BCUT2D eigenvalue weighted by Crippen LogP contribution is 2.43. The molecule has 0 aromatic heterocycles. The molecule has 0 radical (unpaired) electrons. The molecule has 5 aromatic carbocycles. The van der Waals surface area contributed by atoms with Gasteiger partial charge >= 0.3 is 0 Å². The molecule has 0 aliphatic rings. The van der Waals surface area contributed by atoms with E-state index in [0.29, 0.717) is 0 Å². The fraction of sp³-hybridized carbons (Fsp3) is 0.0588. The number of benzene rings is 5. The predicted octanol–water partition coefficient (Wildman–Crippen LogP) is 7.05. The Morgan fingerprint density at radius 2 is 1.18 bits per heavy atom. The van der Waals surface area contributed by atoms with Crippen molar-refractivity contribution >= 4 is 34.9 Å². The molecule has 0 N–H and O–H groups in total. The zero-order valence-electron chi connectivity index (χ0n) is 21.2. The van der Waals surface area contributed by atoms with Gasteiger partial charge in [0.1, 0.15) is 18.1 Å². The monoisotopic (exact) mass is 516 g/mol. The van der Waals surface area contributed by atoms with E-state index < -0.39 is 7.14 Å². The Kier molecular flexibility index (Phi) is 7.87. The lowest BCUT2D eigenvalue weighted by Gasteiger charge is -2.23. The van der Waals surface area contributed by atoms with Crippen molar-refractivity contribution in [3.05, 3.63) is 156 Å². The van der Waals surface area contributed by atoms with E-state index in [9.17, 15) is 0 Å². The van der Waals surface area contributed by atoms with Gasteiger partial charge in [-0.3, -0.25) is 0 Å². The highest BCUT2D eigenvalue weighted by atomic mass is 31.2. The average molecular weight is 517 g/mol. The maximum absolute atomic E-state index is 15.0. The second kappa shape index (κ2) is 11.8. The van der Waals surface area contributed by atoms with Crippen LogP contribution in [0.5, 0.6) is 5.75 Å². The molecule has 0 fully saturated rings. The molecule has 0 aliphatic carbocycles. The van der Waals surface area contributed by atoms with E-state index in [1.807, 2.05) is 146 Å². The van der Waals surface area contributed by atoms with E-state index in [4.69, 9.17) is 9.47 Å². The minimum absolute atomic E-state index is 0.275. The molecule has 0 saturated heterocycles. The number of rotatable bonds is 9. The van der Waals surface area contributed by atoms with Crippen LogP contribution in [0.15, 0.2) is 140 Å². The summed E-state index contributed by atoms with van der Waals surface area (Å²) in [5.41, 5.74) is 2.85. The minimum atomic E-state index is -3.13. The quantitative estimate of drug-likeness (QED) is 0.120. The summed E-state index contributed by atoms with van der Waals surface area (Å²) in [4.78, 5) is 0. The molecule has 38 heavy (non-hydrogen) atoms. The molecular weight excluding hydrogens is 487 g/mol. The number of hydrogen-bond acceptors (Lipinski definition) is 3. The second-order valence-electron chi connectivity index (χ2n) is 8.85. The van der Waals surface area contributed by atoms with E-state index in [-0.39, 0.29) is 6.61 Å². The van der Waals surface area contributed by atoms with Crippen LogP contribution in [-0.2, 0) is 15.9 Å². The van der Waals surface area contributed by atoms with Gasteiger partial charge in [-0.15, -0.1) is 0 Å². The molecule has 188 valence electrons. The van der Waals surface area contributed by atoms with Crippen molar-refractivity contribution in [2.24, 2.45) is 0 Å². The molecule has 4 heteroatoms. The molecule has 0 spiro atoms. The van der Waals surface area contributed by atoms with Crippen LogP contribution in [0.25, 0.3) is 11.8 Å². The van der Waals surface area contributed by atoms with Crippen LogP contribution in [0.4, 0.5) is 0 Å². The van der Waals surface area contributed by atoms with Gasteiger partial charge in [0.25, 0.3) is 0 Å². The van der Waals surface area contributed by atoms with Crippen molar-refractivity contribution in [3.8, 4) is 5.75 Å². The first-order valence-electron chi connectivity index (χ1n) is 12.5. The summed E-state index contributed by atoms with van der Waals surface area (Å²) in [5.74, 6) is 1.54. The Morgan fingerprint density at radius 3 is 1.76 bits per heavy atom. The van der Waals surface area contributed by atoms with Crippen molar-refractivity contribution in [1.82, 2.24) is 0 Å². The molecule has 3 nitrogen and oxygen atoms in total. The third-order valence-electron chi connectivity index (χ3n) is 6.43. The third kappa shape index (κ3) is 5.49. The average Bonchev–Trinajstić information content (AvgIpc) is 3.00. The smallest absolute Gasteiger partial charge is 0.171 e. The minimum Gasteiger partial charge on any atom is -0.497 e. The zero-order valence-corrected chi connectivity index (χ0v) is 22.1. The highest BCUT2D eigenvalue weighted by molar-refractivity contribution is 7.85. The van der Waals surface area contributed by atoms with Gasteiger partial charge < -0.3 is 14.0 Å². The van der Waals surface area contributed by atoms with Crippen LogP contribution < -0.4 is 20.7 Å². The lowest BCUT2D eigenvalue weighted by atomic mass is 10.1. The Labute approximate surface area is 224 Å². The van der Waals surface area contributed by atoms with Gasteiger partial charge in [-0.1, -0.05) is 127 Å². The summed E-state index contributed by atoms with van der Waals surface area (Å²) in [7, 11) is -1.48. The van der Waals surface area contributed by atoms with Crippen LogP contribution in [0.1, 0.15) is 16.7 Å². The standard InChI is InChI=1S/C34H29O3P/c1-36-30-23-21-27(22-24-30)25-33(28-13-5-2-6-14-28)37-26-29-15-11-12-20-34(29)38(35,31-16-7-3-8-17-31)32-18-9-4-10-19-32/h2-25H,26H2,1H3/b33-25+. The molecule has 5 rings (SSSR count). The zero-order chi connectivity index (χ0) is 26.2. The largest absolute Gasteiger partial charge is 0.497 e. The first kappa shape index (κ1) is 25.3. The number of methoxy groups -OCH3 is 1. The SMILES string of the molecule is COc1ccc(/C=C(/OCc2ccccc2P(=O)(c2ccccc2)c2ccccc2)c2ccccc2)cc1. The fourth-order valence-electron chi connectivity index (χ4n) is 4.46. The van der Waals surface area contributed by atoms with E-state index in [0.717, 1.165) is 44.1 Å². The maximum Gasteiger partial charge on any atom is 0.171 e. The van der Waals surface area contributed by atoms with Crippen LogP contribution >= 0.6 is 7.14 Å². The summed E-state index contributed by atoms with van der Waals surface area (Å²) in [6, 6.07) is 45.2. The van der Waals surface area contributed by atoms with Crippen molar-refractivity contribution < 1.29 is 14.0 Å². The molecule has 0 saturated carbocycles. The van der Waals surface area contributed by atoms with Gasteiger partial charge in [-0.05, 0) is 23.8 Å². The van der Waals surface area contributed by atoms with Crippen molar-refractivity contribution in [3.63, 3.8) is 0 Å². The van der Waals surface area contributed by atoms with Gasteiger partial charge in [-0.25, -0.2) is 0 Å². The van der Waals surface area contributed by atoms with Crippen molar-refractivity contribution in [2.75, 3.05) is 7.11 Å². The van der Waals surface area contributed by atoms with Gasteiger partial charge in [0, 0.05) is 27.0 Å². The van der Waals surface area contributed by atoms with Crippen molar-refractivity contribution in [1.29, 1.82) is 0 Å². The lowest BCUT2D eigenvalue weighted by Crippen LogP contribution is -2.27. The second-order valence-corrected chi connectivity index (χ2v) is 11.6. The van der Waals surface area contributed by atoms with Gasteiger partial charge in [-0.2, -0.15) is 0 Å². The summed E-state index contributed by atoms with van der Waals surface area (Å²) >= 11 is 0. The first-order valence-corrected chi connectivity index (χ1v) is 14.2. The summed E-state index contributed by atoms with van der Waals surface area (Å²) in [6.45, 7) is 0.275. The number of ether oxygens (including phenoxy) is 2. The molecular formula is C34H29O3P. The van der Waals surface area contributed by atoms with Crippen LogP contribution in [0, 0.1) is 0 Å². The van der Waals surface area contributed by atoms with E-state index in [1.165, 1.54) is 0 Å². The fourth-order valence-corrected chi connectivity index (χ4v) is 7.34. The summed E-state index contributed by atoms with van der Waals surface area (Å²) in [6.07, 6.45) is 2.02. The Balaban J connectivity index is 1.54. The van der Waals surface area contributed by atoms with Gasteiger partial charge in [0.2, 0.25) is 0 Å². The third-order valence-corrected chi connectivity index (χ3v) is 9.59. The molecule has 0 amide bonds. The highest BCUT2D eigenvalue weighted by Gasteiger charge is 2.31. The van der Waals surface area contributed by atoms with E-state index in [1.54, 1.807) is 7.11 Å². The summed E-state index contributed by atoms with van der Waals surface area (Å²) < 4.78 is 26.8. The van der Waals surface area contributed by atoms with Crippen molar-refractivity contribution in [2.45, 2.75) is 6.61 Å². The normalized spacial score (nSPS) is 11.7. The Morgan fingerprint density at radius 1 is 0.658 bits per heavy atom. The molecule has 0 bridgehead atoms. The van der Waals surface area contributed by atoms with Gasteiger partial charge in [0.15, 0.2) is 7.14 Å². The maximum atomic E-state index is 15.0. The first-order chi connectivity index (χ1) is 18.7. The van der Waals surface area contributed by atoms with Crippen LogP contribution in [0.3, 0.4) is 0 Å². The molecule has 5 aromatic rings. The topological polar surface area (TPSA) is 35.5 Å². The molecule has 0 heterocycles. The van der Waals surface area contributed by atoms with Gasteiger partial charge in [0.05, 0.1) is 7.11 Å². The van der Waals surface area contributed by atoms with Crippen LogP contribution in [0.2, 0.25) is 0 Å². The Bertz CT molecular complexity index is 1500. The predicted molar refractivity (Wildman–Crippen MR) is 158 cm³/mol. The Hall–Kier alpha value is -4.33. The molecule has 0 aliphatic heterocycles. The lowest BCUT2D eigenvalue weighted by molar-refractivity contribution is 0.267. The molecule has 0 unspecified atom stereocenters.